The van der Waals surface area contributed by atoms with Gasteiger partial charge in [-0.25, -0.2) is 0 Å². The SMILES string of the molecule is CC/C=C\C/C=C\C/C=C\C/C=C\C/C=C\C/C=C\CCC(=O)OCC(COCC/C=C\C/C=C\C/C=C\C/C=C\C/C=C\CC)OC(=O)CCCCCCC/C=C\CCCCCCCC. The molecule has 0 aromatic heterocycles. The van der Waals surface area contributed by atoms with Gasteiger partial charge in [0, 0.05) is 12.8 Å². The predicted molar refractivity (Wildman–Crippen MR) is 288 cm³/mol. The second-order valence-corrected chi connectivity index (χ2v) is 16.7. The molecule has 0 saturated carbocycles. The lowest BCUT2D eigenvalue weighted by Crippen LogP contribution is -2.30. The number of ether oxygens (including phenoxy) is 3. The number of hydrogen-bond acceptors (Lipinski definition) is 5. The zero-order valence-electron chi connectivity index (χ0n) is 42.4. The third-order valence-electron chi connectivity index (χ3n) is 10.4. The first-order valence-electron chi connectivity index (χ1n) is 26.4. The maximum atomic E-state index is 12.8. The Bertz CT molecular complexity index is 1450. The summed E-state index contributed by atoms with van der Waals surface area (Å²) in [4.78, 5) is 25.4. The van der Waals surface area contributed by atoms with Crippen LogP contribution in [0, 0.1) is 0 Å². The molecule has 0 fully saturated rings. The first-order chi connectivity index (χ1) is 32.6. The minimum absolute atomic E-state index is 0.00235. The number of carbonyl (C=O) groups excluding carboxylic acids is 2. The van der Waals surface area contributed by atoms with E-state index in [1.807, 2.05) is 6.08 Å². The molecule has 0 aliphatic carbocycles. The van der Waals surface area contributed by atoms with Crippen molar-refractivity contribution in [1.29, 1.82) is 0 Å². The van der Waals surface area contributed by atoms with Crippen molar-refractivity contribution >= 4 is 11.9 Å². The highest BCUT2D eigenvalue weighted by molar-refractivity contribution is 5.70. The second kappa shape index (κ2) is 55.1. The quantitative estimate of drug-likeness (QED) is 0.0346. The summed E-state index contributed by atoms with van der Waals surface area (Å²) in [6.07, 6.45) is 80.3. The molecule has 0 saturated heterocycles. The normalized spacial score (nSPS) is 13.4. The van der Waals surface area contributed by atoms with Crippen LogP contribution < -0.4 is 0 Å². The molecule has 0 spiro atoms. The molecule has 0 bridgehead atoms. The predicted octanol–water partition coefficient (Wildman–Crippen LogP) is 18.1. The molecule has 0 amide bonds. The van der Waals surface area contributed by atoms with E-state index in [9.17, 15) is 9.59 Å². The van der Waals surface area contributed by atoms with E-state index < -0.39 is 6.10 Å². The van der Waals surface area contributed by atoms with Crippen molar-refractivity contribution in [2.24, 2.45) is 0 Å². The Balaban J connectivity index is 4.54. The van der Waals surface area contributed by atoms with Gasteiger partial charge in [-0.05, 0) is 116 Å². The Morgan fingerprint density at radius 3 is 1.15 bits per heavy atom. The minimum Gasteiger partial charge on any atom is -0.462 e. The summed E-state index contributed by atoms with van der Waals surface area (Å²) in [5.74, 6) is -0.556. The van der Waals surface area contributed by atoms with Gasteiger partial charge in [-0.15, -0.1) is 0 Å². The molecular formula is C61H96O5. The number of carbonyl (C=O) groups is 2. The fourth-order valence-corrected chi connectivity index (χ4v) is 6.53. The topological polar surface area (TPSA) is 61.8 Å². The van der Waals surface area contributed by atoms with Crippen LogP contribution in [0.4, 0.5) is 0 Å². The van der Waals surface area contributed by atoms with Gasteiger partial charge in [0.2, 0.25) is 0 Å². The molecule has 66 heavy (non-hydrogen) atoms. The van der Waals surface area contributed by atoms with Crippen molar-refractivity contribution in [1.82, 2.24) is 0 Å². The lowest BCUT2D eigenvalue weighted by molar-refractivity contribution is -0.162. The molecule has 5 heteroatoms. The van der Waals surface area contributed by atoms with Gasteiger partial charge in [-0.1, -0.05) is 218 Å². The van der Waals surface area contributed by atoms with E-state index in [0.717, 1.165) is 103 Å². The molecule has 0 N–H and O–H groups in total. The number of allylic oxidation sites excluding steroid dienone is 23. The van der Waals surface area contributed by atoms with Gasteiger partial charge in [-0.3, -0.25) is 9.59 Å². The van der Waals surface area contributed by atoms with Crippen LogP contribution in [0.25, 0.3) is 0 Å². The molecule has 0 aliphatic heterocycles. The molecule has 0 aromatic rings. The molecule has 5 nitrogen and oxygen atoms in total. The number of rotatable bonds is 46. The van der Waals surface area contributed by atoms with E-state index in [1.165, 1.54) is 57.8 Å². The third kappa shape index (κ3) is 52.4. The van der Waals surface area contributed by atoms with Crippen LogP contribution in [0.3, 0.4) is 0 Å². The highest BCUT2D eigenvalue weighted by atomic mass is 16.6. The van der Waals surface area contributed by atoms with E-state index in [1.54, 1.807) is 0 Å². The van der Waals surface area contributed by atoms with E-state index in [-0.39, 0.29) is 31.6 Å². The highest BCUT2D eigenvalue weighted by Gasteiger charge is 2.17. The summed E-state index contributed by atoms with van der Waals surface area (Å²) in [6.45, 7) is 7.27. The van der Waals surface area contributed by atoms with Crippen molar-refractivity contribution in [3.8, 4) is 0 Å². The average molecular weight is 909 g/mol. The van der Waals surface area contributed by atoms with Crippen molar-refractivity contribution < 1.29 is 23.8 Å². The zero-order valence-corrected chi connectivity index (χ0v) is 42.4. The first kappa shape index (κ1) is 61.8. The molecule has 0 rings (SSSR count). The zero-order chi connectivity index (χ0) is 47.7. The lowest BCUT2D eigenvalue weighted by atomic mass is 10.1. The summed E-state index contributed by atoms with van der Waals surface area (Å²) in [7, 11) is 0. The van der Waals surface area contributed by atoms with Gasteiger partial charge in [0.15, 0.2) is 6.10 Å². The van der Waals surface area contributed by atoms with Crippen LogP contribution in [-0.4, -0.2) is 37.9 Å². The molecule has 0 heterocycles. The smallest absolute Gasteiger partial charge is 0.306 e. The van der Waals surface area contributed by atoms with Gasteiger partial charge < -0.3 is 14.2 Å². The summed E-state index contributed by atoms with van der Waals surface area (Å²) in [5, 5.41) is 0. The van der Waals surface area contributed by atoms with Gasteiger partial charge in [0.25, 0.3) is 0 Å². The van der Waals surface area contributed by atoms with Crippen LogP contribution in [0.2, 0.25) is 0 Å². The van der Waals surface area contributed by atoms with Gasteiger partial charge in [0.1, 0.15) is 6.61 Å². The van der Waals surface area contributed by atoms with Crippen LogP contribution in [0.5, 0.6) is 0 Å². The van der Waals surface area contributed by atoms with Crippen molar-refractivity contribution in [3.63, 3.8) is 0 Å². The van der Waals surface area contributed by atoms with Gasteiger partial charge in [-0.2, -0.15) is 0 Å². The summed E-state index contributed by atoms with van der Waals surface area (Å²) in [6, 6.07) is 0. The maximum Gasteiger partial charge on any atom is 0.306 e. The third-order valence-corrected chi connectivity index (χ3v) is 10.4. The number of hydrogen-bond donors (Lipinski definition) is 0. The fraction of sp³-hybridized carbons (Fsp3) is 0.574. The summed E-state index contributed by atoms with van der Waals surface area (Å²) >= 11 is 0. The van der Waals surface area contributed by atoms with Crippen LogP contribution in [0.15, 0.2) is 146 Å². The minimum atomic E-state index is -0.621. The van der Waals surface area contributed by atoms with Gasteiger partial charge >= 0.3 is 11.9 Å². The molecule has 0 aromatic carbocycles. The summed E-state index contributed by atoms with van der Waals surface area (Å²) < 4.78 is 17.2. The molecular weight excluding hydrogens is 813 g/mol. The maximum absolute atomic E-state index is 12.8. The van der Waals surface area contributed by atoms with E-state index in [0.29, 0.717) is 19.4 Å². The Kier molecular flexibility index (Phi) is 51.6. The van der Waals surface area contributed by atoms with E-state index >= 15 is 0 Å². The second-order valence-electron chi connectivity index (χ2n) is 16.7. The largest absolute Gasteiger partial charge is 0.462 e. The Morgan fingerprint density at radius 1 is 0.348 bits per heavy atom. The number of esters is 2. The Labute approximate surface area is 406 Å². The van der Waals surface area contributed by atoms with E-state index in [2.05, 4.69) is 161 Å². The van der Waals surface area contributed by atoms with Crippen LogP contribution in [0.1, 0.15) is 201 Å². The monoisotopic (exact) mass is 909 g/mol. The molecule has 1 atom stereocenters. The fourth-order valence-electron chi connectivity index (χ4n) is 6.53. The highest BCUT2D eigenvalue weighted by Crippen LogP contribution is 2.12. The van der Waals surface area contributed by atoms with Crippen molar-refractivity contribution in [2.75, 3.05) is 19.8 Å². The molecule has 0 aliphatic rings. The van der Waals surface area contributed by atoms with Crippen molar-refractivity contribution in [2.45, 2.75) is 207 Å². The van der Waals surface area contributed by atoms with Crippen LogP contribution >= 0.6 is 0 Å². The van der Waals surface area contributed by atoms with Crippen LogP contribution in [-0.2, 0) is 23.8 Å². The Morgan fingerprint density at radius 2 is 0.712 bits per heavy atom. The standard InChI is InChI=1S/C61H96O5/c1-4-7-10-13-16-19-22-25-28-30-31-32-34-36-39-42-45-48-51-54-60(62)65-58-59(57-64-56-53-50-47-44-41-38-35-29-26-23-20-17-14-11-8-5-2)66-61(63)55-52-49-46-43-40-37-33-27-24-21-18-15-12-9-6-3/h7-8,10-11,16-17,19-20,25-29,31-33,36,38-39,41,45,47-48,50,59H,4-6,9,12-15,18,21-24,30,34-35,37,40,42-44,46,49,51-58H2,1-3H3/b10-7-,11-8-,19-16-,20-17-,28-25-,29-26-,32-31-,33-27-,39-36-,41-38-,48-45-,50-47-. The number of unbranched alkanes of at least 4 members (excludes halogenated alkanes) is 11. The Hall–Kier alpha value is -4.22. The molecule has 1 unspecified atom stereocenters. The molecule has 370 valence electrons. The summed E-state index contributed by atoms with van der Waals surface area (Å²) in [5.41, 5.74) is 0. The van der Waals surface area contributed by atoms with Crippen molar-refractivity contribution in [3.05, 3.63) is 146 Å². The lowest BCUT2D eigenvalue weighted by Gasteiger charge is -2.18. The molecule has 0 radical (unpaired) electrons. The van der Waals surface area contributed by atoms with E-state index in [4.69, 9.17) is 14.2 Å². The average Bonchev–Trinajstić information content (AvgIpc) is 3.32. The first-order valence-corrected chi connectivity index (χ1v) is 26.4. The van der Waals surface area contributed by atoms with Gasteiger partial charge in [0.05, 0.1) is 13.2 Å².